The molecule has 1 fully saturated rings. The summed E-state index contributed by atoms with van der Waals surface area (Å²) in [5, 5.41) is 3.57. The molecule has 23 heavy (non-hydrogen) atoms. The topological polar surface area (TPSA) is 80.9 Å². The van der Waals surface area contributed by atoms with Gasteiger partial charge in [0.1, 0.15) is 11.6 Å². The molecule has 1 aromatic carbocycles. The second-order valence-electron chi connectivity index (χ2n) is 6.15. The molecule has 0 atom stereocenters. The van der Waals surface area contributed by atoms with Crippen molar-refractivity contribution in [2.75, 3.05) is 5.32 Å². The van der Waals surface area contributed by atoms with Crippen LogP contribution in [0, 0.1) is 6.92 Å². The van der Waals surface area contributed by atoms with E-state index in [1.807, 2.05) is 37.4 Å². The fourth-order valence-corrected chi connectivity index (χ4v) is 3.06. The lowest BCUT2D eigenvalue weighted by molar-refractivity contribution is -0.117. The molecule has 1 aliphatic rings. The standard InChI is InChI=1S/C18H22N4O/c1-12-20-11-16(18(21-12)22-15-4-2-3-5-15)14-8-6-13(7-9-14)10-17(19)23/h6-9,11,15H,2-5,10H2,1H3,(H2,19,23)(H,20,21,22). The van der Waals surface area contributed by atoms with Crippen LogP contribution in [0.25, 0.3) is 11.1 Å². The molecule has 1 aromatic heterocycles. The Morgan fingerprint density at radius 3 is 2.61 bits per heavy atom. The molecule has 1 aliphatic carbocycles. The van der Waals surface area contributed by atoms with Crippen molar-refractivity contribution in [3.05, 3.63) is 41.9 Å². The quantitative estimate of drug-likeness (QED) is 0.890. The van der Waals surface area contributed by atoms with Crippen LogP contribution < -0.4 is 11.1 Å². The largest absolute Gasteiger partial charge is 0.369 e. The Morgan fingerprint density at radius 1 is 1.26 bits per heavy atom. The van der Waals surface area contributed by atoms with E-state index in [9.17, 15) is 4.79 Å². The van der Waals surface area contributed by atoms with Crippen LogP contribution in [0.15, 0.2) is 30.5 Å². The number of carbonyl (C=O) groups is 1. The number of nitrogens with zero attached hydrogens (tertiary/aromatic N) is 2. The van der Waals surface area contributed by atoms with E-state index in [2.05, 4.69) is 15.3 Å². The average molecular weight is 310 g/mol. The molecule has 1 saturated carbocycles. The van der Waals surface area contributed by atoms with Gasteiger partial charge >= 0.3 is 0 Å². The number of rotatable bonds is 5. The Kier molecular flexibility index (Phi) is 4.55. The van der Waals surface area contributed by atoms with Gasteiger partial charge in [-0.3, -0.25) is 4.79 Å². The molecule has 0 saturated heterocycles. The molecule has 0 spiro atoms. The molecule has 0 radical (unpaired) electrons. The fourth-order valence-electron chi connectivity index (χ4n) is 3.06. The lowest BCUT2D eigenvalue weighted by Crippen LogP contribution is -2.17. The smallest absolute Gasteiger partial charge is 0.221 e. The third-order valence-corrected chi connectivity index (χ3v) is 4.25. The average Bonchev–Trinajstić information content (AvgIpc) is 3.01. The first-order valence-corrected chi connectivity index (χ1v) is 8.09. The van der Waals surface area contributed by atoms with Crippen LogP contribution in [0.1, 0.15) is 37.1 Å². The molecule has 1 amide bonds. The maximum Gasteiger partial charge on any atom is 0.221 e. The van der Waals surface area contributed by atoms with Crippen LogP contribution in [-0.2, 0) is 11.2 Å². The van der Waals surface area contributed by atoms with Crippen molar-refractivity contribution in [1.82, 2.24) is 9.97 Å². The number of anilines is 1. The van der Waals surface area contributed by atoms with Gasteiger partial charge in [-0.1, -0.05) is 37.1 Å². The monoisotopic (exact) mass is 310 g/mol. The number of amides is 1. The highest BCUT2D eigenvalue weighted by atomic mass is 16.1. The summed E-state index contributed by atoms with van der Waals surface area (Å²) in [6.45, 7) is 1.90. The van der Waals surface area contributed by atoms with Gasteiger partial charge in [0.25, 0.3) is 0 Å². The highest BCUT2D eigenvalue weighted by Crippen LogP contribution is 2.29. The summed E-state index contributed by atoms with van der Waals surface area (Å²) in [4.78, 5) is 19.9. The zero-order chi connectivity index (χ0) is 16.2. The SMILES string of the molecule is Cc1ncc(-c2ccc(CC(N)=O)cc2)c(NC2CCCC2)n1. The van der Waals surface area contributed by atoms with E-state index >= 15 is 0 Å². The van der Waals surface area contributed by atoms with Gasteiger partial charge in [-0.25, -0.2) is 9.97 Å². The third kappa shape index (κ3) is 3.86. The number of nitrogens with two attached hydrogens (primary N) is 1. The maximum atomic E-state index is 11.0. The number of benzene rings is 1. The second kappa shape index (κ2) is 6.77. The Hall–Kier alpha value is -2.43. The number of aromatic nitrogens is 2. The first-order valence-electron chi connectivity index (χ1n) is 8.09. The van der Waals surface area contributed by atoms with Crippen molar-refractivity contribution in [1.29, 1.82) is 0 Å². The minimum atomic E-state index is -0.319. The minimum Gasteiger partial charge on any atom is -0.369 e. The molecule has 5 nitrogen and oxygen atoms in total. The third-order valence-electron chi connectivity index (χ3n) is 4.25. The summed E-state index contributed by atoms with van der Waals surface area (Å²) >= 11 is 0. The van der Waals surface area contributed by atoms with Gasteiger partial charge < -0.3 is 11.1 Å². The van der Waals surface area contributed by atoms with E-state index in [1.165, 1.54) is 25.7 Å². The van der Waals surface area contributed by atoms with E-state index in [1.54, 1.807) is 0 Å². The molecular formula is C18H22N4O. The van der Waals surface area contributed by atoms with E-state index in [0.717, 1.165) is 28.3 Å². The molecule has 5 heteroatoms. The summed E-state index contributed by atoms with van der Waals surface area (Å²) in [5.41, 5.74) is 8.19. The zero-order valence-electron chi connectivity index (χ0n) is 13.4. The Morgan fingerprint density at radius 2 is 1.96 bits per heavy atom. The normalized spacial score (nSPS) is 14.8. The predicted octanol–water partition coefficient (Wildman–Crippen LogP) is 2.83. The van der Waals surface area contributed by atoms with Crippen LogP contribution in [0.3, 0.4) is 0 Å². The van der Waals surface area contributed by atoms with Gasteiger partial charge in [0.05, 0.1) is 6.42 Å². The van der Waals surface area contributed by atoms with Gasteiger partial charge in [0.2, 0.25) is 5.91 Å². The van der Waals surface area contributed by atoms with Crippen LogP contribution in [-0.4, -0.2) is 21.9 Å². The Bertz CT molecular complexity index is 691. The van der Waals surface area contributed by atoms with Gasteiger partial charge in [0.15, 0.2) is 0 Å². The molecule has 1 heterocycles. The first kappa shape index (κ1) is 15.5. The number of hydrogen-bond donors (Lipinski definition) is 2. The van der Waals surface area contributed by atoms with E-state index in [-0.39, 0.29) is 12.3 Å². The molecule has 0 unspecified atom stereocenters. The summed E-state index contributed by atoms with van der Waals surface area (Å²) in [7, 11) is 0. The molecule has 120 valence electrons. The summed E-state index contributed by atoms with van der Waals surface area (Å²) in [6, 6.07) is 8.34. The summed E-state index contributed by atoms with van der Waals surface area (Å²) in [6.07, 6.45) is 7.07. The van der Waals surface area contributed by atoms with Gasteiger partial charge in [-0.2, -0.15) is 0 Å². The number of primary amides is 1. The van der Waals surface area contributed by atoms with Gasteiger partial charge in [0, 0.05) is 17.8 Å². The second-order valence-corrected chi connectivity index (χ2v) is 6.15. The molecule has 2 aromatic rings. The predicted molar refractivity (Wildman–Crippen MR) is 91.0 cm³/mol. The summed E-state index contributed by atoms with van der Waals surface area (Å²) in [5.74, 6) is 1.34. The van der Waals surface area contributed by atoms with Crippen molar-refractivity contribution >= 4 is 11.7 Å². The Balaban J connectivity index is 1.87. The number of aryl methyl sites for hydroxylation is 1. The minimum absolute atomic E-state index is 0.262. The highest BCUT2D eigenvalue weighted by molar-refractivity contribution is 5.78. The number of hydrogen-bond acceptors (Lipinski definition) is 4. The van der Waals surface area contributed by atoms with Crippen LogP contribution in [0.5, 0.6) is 0 Å². The lowest BCUT2D eigenvalue weighted by atomic mass is 10.0. The van der Waals surface area contributed by atoms with Gasteiger partial charge in [-0.05, 0) is 30.9 Å². The van der Waals surface area contributed by atoms with Crippen LogP contribution in [0.2, 0.25) is 0 Å². The Labute approximate surface area is 136 Å². The summed E-state index contributed by atoms with van der Waals surface area (Å²) < 4.78 is 0. The highest BCUT2D eigenvalue weighted by Gasteiger charge is 2.17. The van der Waals surface area contributed by atoms with Crippen molar-refractivity contribution in [2.24, 2.45) is 5.73 Å². The lowest BCUT2D eigenvalue weighted by Gasteiger charge is -2.16. The van der Waals surface area contributed by atoms with Crippen LogP contribution in [0.4, 0.5) is 5.82 Å². The fraction of sp³-hybridized carbons (Fsp3) is 0.389. The van der Waals surface area contributed by atoms with Crippen molar-refractivity contribution < 1.29 is 4.79 Å². The maximum absolute atomic E-state index is 11.0. The molecule has 0 aliphatic heterocycles. The first-order chi connectivity index (χ1) is 11.1. The number of nitrogens with one attached hydrogen (secondary N) is 1. The number of carbonyl (C=O) groups excluding carboxylic acids is 1. The molecule has 3 N–H and O–H groups in total. The van der Waals surface area contributed by atoms with Crippen LogP contribution >= 0.6 is 0 Å². The van der Waals surface area contributed by atoms with Crippen molar-refractivity contribution in [3.63, 3.8) is 0 Å². The van der Waals surface area contributed by atoms with Crippen molar-refractivity contribution in [3.8, 4) is 11.1 Å². The van der Waals surface area contributed by atoms with E-state index in [4.69, 9.17) is 5.73 Å². The molecule has 0 bridgehead atoms. The van der Waals surface area contributed by atoms with E-state index < -0.39 is 0 Å². The van der Waals surface area contributed by atoms with Crippen molar-refractivity contribution in [2.45, 2.75) is 45.1 Å². The van der Waals surface area contributed by atoms with Gasteiger partial charge in [-0.15, -0.1) is 0 Å². The molecule has 3 rings (SSSR count). The molecular weight excluding hydrogens is 288 g/mol. The zero-order valence-corrected chi connectivity index (χ0v) is 13.4. The van der Waals surface area contributed by atoms with E-state index in [0.29, 0.717) is 6.04 Å².